The van der Waals surface area contributed by atoms with Crippen LogP contribution >= 0.6 is 0 Å². The largest absolute Gasteiger partial charge is 0.314 e. The summed E-state index contributed by atoms with van der Waals surface area (Å²) in [5.74, 6) is 0.743. The number of likely N-dealkylation sites (N-methyl/N-ethyl adjacent to an activating group) is 1. The van der Waals surface area contributed by atoms with Gasteiger partial charge >= 0.3 is 0 Å². The molecule has 0 aliphatic carbocycles. The second-order valence-corrected chi connectivity index (χ2v) is 6.44. The fourth-order valence-corrected chi connectivity index (χ4v) is 2.05. The molecule has 1 unspecified atom stereocenters. The monoisotopic (exact) mass is 257 g/mol. The van der Waals surface area contributed by atoms with Crippen LogP contribution in [0, 0.1) is 5.92 Å². The summed E-state index contributed by atoms with van der Waals surface area (Å²) in [6.45, 7) is 16.0. The third-order valence-corrected chi connectivity index (χ3v) is 3.17. The lowest BCUT2D eigenvalue weighted by Crippen LogP contribution is -2.42. The molecule has 0 bridgehead atoms. The maximum absolute atomic E-state index is 3.51. The van der Waals surface area contributed by atoms with Crippen LogP contribution in [0.4, 0.5) is 0 Å². The second-order valence-electron chi connectivity index (χ2n) is 6.44. The van der Waals surface area contributed by atoms with Crippen LogP contribution in [0.3, 0.4) is 0 Å². The van der Waals surface area contributed by atoms with Crippen molar-refractivity contribution >= 4 is 0 Å². The average Bonchev–Trinajstić information content (AvgIpc) is 2.22. The highest BCUT2D eigenvalue weighted by molar-refractivity contribution is 4.71. The Morgan fingerprint density at radius 3 is 2.00 bits per heavy atom. The molecule has 3 nitrogen and oxygen atoms in total. The van der Waals surface area contributed by atoms with E-state index in [1.165, 1.54) is 19.5 Å². The molecule has 0 heterocycles. The minimum Gasteiger partial charge on any atom is -0.314 e. The van der Waals surface area contributed by atoms with E-state index in [0.29, 0.717) is 12.1 Å². The molecule has 0 saturated carbocycles. The Morgan fingerprint density at radius 1 is 0.944 bits per heavy atom. The van der Waals surface area contributed by atoms with E-state index in [4.69, 9.17) is 0 Å². The lowest BCUT2D eigenvalue weighted by Gasteiger charge is -2.32. The highest BCUT2D eigenvalue weighted by Crippen LogP contribution is 2.07. The molecule has 0 aromatic heterocycles. The topological polar surface area (TPSA) is 18.5 Å². The zero-order chi connectivity index (χ0) is 14.1. The van der Waals surface area contributed by atoms with Gasteiger partial charge in [-0.1, -0.05) is 27.7 Å². The van der Waals surface area contributed by atoms with Gasteiger partial charge in [-0.05, 0) is 39.9 Å². The van der Waals surface area contributed by atoms with E-state index >= 15 is 0 Å². The van der Waals surface area contributed by atoms with Crippen molar-refractivity contribution in [2.45, 2.75) is 53.1 Å². The number of rotatable bonds is 10. The van der Waals surface area contributed by atoms with E-state index < -0.39 is 0 Å². The molecule has 0 radical (unpaired) electrons. The van der Waals surface area contributed by atoms with Gasteiger partial charge in [-0.3, -0.25) is 4.90 Å². The fourth-order valence-electron chi connectivity index (χ4n) is 2.05. The normalized spacial score (nSPS) is 14.2. The first-order valence-corrected chi connectivity index (χ1v) is 7.45. The van der Waals surface area contributed by atoms with Gasteiger partial charge in [-0.15, -0.1) is 0 Å². The molecular weight excluding hydrogens is 222 g/mol. The van der Waals surface area contributed by atoms with Crippen LogP contribution in [-0.4, -0.2) is 62.2 Å². The molecule has 0 aromatic rings. The van der Waals surface area contributed by atoms with Crippen LogP contribution in [0.5, 0.6) is 0 Å². The average molecular weight is 257 g/mol. The second kappa shape index (κ2) is 9.76. The maximum Gasteiger partial charge on any atom is 0.0112 e. The van der Waals surface area contributed by atoms with E-state index in [2.05, 4.69) is 63.8 Å². The molecule has 0 saturated heterocycles. The lowest BCUT2D eigenvalue weighted by molar-refractivity contribution is 0.162. The van der Waals surface area contributed by atoms with Gasteiger partial charge < -0.3 is 10.2 Å². The van der Waals surface area contributed by atoms with Gasteiger partial charge in [0.2, 0.25) is 0 Å². The molecule has 0 aliphatic heterocycles. The van der Waals surface area contributed by atoms with Crippen molar-refractivity contribution in [1.82, 2.24) is 15.1 Å². The van der Waals surface area contributed by atoms with Gasteiger partial charge in [-0.25, -0.2) is 0 Å². The summed E-state index contributed by atoms with van der Waals surface area (Å²) in [7, 11) is 4.30. The summed E-state index contributed by atoms with van der Waals surface area (Å²) in [6, 6.07) is 1.26. The number of nitrogens with one attached hydrogen (secondary N) is 1. The molecule has 1 atom stereocenters. The summed E-state index contributed by atoms with van der Waals surface area (Å²) < 4.78 is 0. The van der Waals surface area contributed by atoms with Crippen LogP contribution in [-0.2, 0) is 0 Å². The zero-order valence-corrected chi connectivity index (χ0v) is 13.7. The molecule has 1 N–H and O–H groups in total. The third kappa shape index (κ3) is 9.86. The molecule has 0 aliphatic rings. The van der Waals surface area contributed by atoms with Crippen molar-refractivity contribution in [2.75, 3.05) is 40.3 Å². The van der Waals surface area contributed by atoms with Crippen LogP contribution < -0.4 is 5.32 Å². The van der Waals surface area contributed by atoms with Crippen LogP contribution in [0.1, 0.15) is 41.0 Å². The number of nitrogens with zero attached hydrogens (tertiary/aromatic N) is 2. The third-order valence-electron chi connectivity index (χ3n) is 3.17. The molecule has 0 spiro atoms. The van der Waals surface area contributed by atoms with Crippen molar-refractivity contribution in [2.24, 2.45) is 5.92 Å². The van der Waals surface area contributed by atoms with E-state index in [-0.39, 0.29) is 0 Å². The molecule has 0 rings (SSSR count). The fraction of sp³-hybridized carbons (Fsp3) is 1.00. The van der Waals surface area contributed by atoms with Gasteiger partial charge in [0, 0.05) is 31.7 Å². The van der Waals surface area contributed by atoms with Crippen molar-refractivity contribution in [3.8, 4) is 0 Å². The van der Waals surface area contributed by atoms with E-state index in [1.54, 1.807) is 0 Å². The standard InChI is InChI=1S/C15H35N3/c1-13(2)12-18(11-10-17(6)7)15(5)8-9-16-14(3)4/h13-16H,8-12H2,1-7H3. The molecule has 0 fully saturated rings. The first-order valence-electron chi connectivity index (χ1n) is 7.45. The lowest BCUT2D eigenvalue weighted by atomic mass is 10.1. The van der Waals surface area contributed by atoms with Gasteiger partial charge in [0.05, 0.1) is 0 Å². The molecule has 3 heteroatoms. The first kappa shape index (κ1) is 17.9. The summed E-state index contributed by atoms with van der Waals surface area (Å²) in [6.07, 6.45) is 1.23. The first-order chi connectivity index (χ1) is 8.32. The number of hydrogen-bond donors (Lipinski definition) is 1. The quantitative estimate of drug-likeness (QED) is 0.648. The molecule has 0 aromatic carbocycles. The van der Waals surface area contributed by atoms with Crippen molar-refractivity contribution in [3.05, 3.63) is 0 Å². The Kier molecular flexibility index (Phi) is 9.70. The van der Waals surface area contributed by atoms with Crippen molar-refractivity contribution in [1.29, 1.82) is 0 Å². The maximum atomic E-state index is 3.51. The summed E-state index contributed by atoms with van der Waals surface area (Å²) in [5, 5.41) is 3.51. The Hall–Kier alpha value is -0.120. The minimum atomic E-state index is 0.595. The van der Waals surface area contributed by atoms with Gasteiger partial charge in [0.15, 0.2) is 0 Å². The van der Waals surface area contributed by atoms with Crippen LogP contribution in [0.25, 0.3) is 0 Å². The summed E-state index contributed by atoms with van der Waals surface area (Å²) in [5.41, 5.74) is 0. The van der Waals surface area contributed by atoms with Gasteiger partial charge in [-0.2, -0.15) is 0 Å². The molecule has 0 amide bonds. The highest BCUT2D eigenvalue weighted by atomic mass is 15.2. The van der Waals surface area contributed by atoms with E-state index in [1.807, 2.05) is 0 Å². The minimum absolute atomic E-state index is 0.595. The van der Waals surface area contributed by atoms with Gasteiger partial charge in [0.1, 0.15) is 0 Å². The predicted molar refractivity (Wildman–Crippen MR) is 82.2 cm³/mol. The molecular formula is C15H35N3. The Labute approximate surface area is 115 Å². The molecule has 110 valence electrons. The van der Waals surface area contributed by atoms with Crippen molar-refractivity contribution in [3.63, 3.8) is 0 Å². The van der Waals surface area contributed by atoms with Crippen molar-refractivity contribution < 1.29 is 0 Å². The van der Waals surface area contributed by atoms with Crippen LogP contribution in [0.15, 0.2) is 0 Å². The number of hydrogen-bond acceptors (Lipinski definition) is 3. The smallest absolute Gasteiger partial charge is 0.0112 e. The van der Waals surface area contributed by atoms with Crippen LogP contribution in [0.2, 0.25) is 0 Å². The Bertz CT molecular complexity index is 190. The van der Waals surface area contributed by atoms with E-state index in [0.717, 1.165) is 19.0 Å². The summed E-state index contributed by atoms with van der Waals surface area (Å²) in [4.78, 5) is 4.90. The van der Waals surface area contributed by atoms with Gasteiger partial charge in [0.25, 0.3) is 0 Å². The molecule has 18 heavy (non-hydrogen) atoms. The summed E-state index contributed by atoms with van der Waals surface area (Å²) >= 11 is 0. The van der Waals surface area contributed by atoms with E-state index in [9.17, 15) is 0 Å². The predicted octanol–water partition coefficient (Wildman–Crippen LogP) is 2.28. The zero-order valence-electron chi connectivity index (χ0n) is 13.7. The Morgan fingerprint density at radius 2 is 1.56 bits per heavy atom. The highest BCUT2D eigenvalue weighted by Gasteiger charge is 2.15. The SMILES string of the molecule is CC(C)CN(CCN(C)C)C(C)CCNC(C)C. The Balaban J connectivity index is 4.08.